The van der Waals surface area contributed by atoms with E-state index in [-0.39, 0.29) is 35.4 Å². The number of carbonyl (C=O) groups is 1. The number of hydrogen-bond donors (Lipinski definition) is 3. The highest BCUT2D eigenvalue weighted by atomic mass is 32.2. The maximum atomic E-state index is 12.3. The molecule has 0 aliphatic heterocycles. The van der Waals surface area contributed by atoms with E-state index in [9.17, 15) is 23.8 Å². The molecular weight excluding hydrogens is 480 g/mol. The molecule has 0 aromatic heterocycles. The van der Waals surface area contributed by atoms with Crippen molar-refractivity contribution in [2.45, 2.75) is 97.1 Å². The molecule has 0 spiro atoms. The molecule has 1 amide bonds. The maximum Gasteiger partial charge on any atom is 0.266 e. The molecule has 0 aromatic carbocycles. The van der Waals surface area contributed by atoms with Crippen molar-refractivity contribution >= 4 is 16.0 Å². The van der Waals surface area contributed by atoms with Gasteiger partial charge in [0.05, 0.1) is 11.9 Å². The summed E-state index contributed by atoms with van der Waals surface area (Å²) in [5.41, 5.74) is 9.78. The summed E-state index contributed by atoms with van der Waals surface area (Å²) in [7, 11) is -4.08. The monoisotopic (exact) mass is 524 g/mol. The molecule has 4 rings (SSSR count). The van der Waals surface area contributed by atoms with Gasteiger partial charge in [-0.15, -0.1) is 0 Å². The van der Waals surface area contributed by atoms with Gasteiger partial charge in [-0.2, -0.15) is 8.42 Å². The highest BCUT2D eigenvalue weighted by Gasteiger charge is 2.62. The largest absolute Gasteiger partial charge is 0.393 e. The van der Waals surface area contributed by atoms with Crippen LogP contribution in [0.4, 0.5) is 0 Å². The van der Waals surface area contributed by atoms with Crippen LogP contribution in [0.1, 0.15) is 85.0 Å². The van der Waals surface area contributed by atoms with E-state index < -0.39 is 15.9 Å². The number of hydrogen-bond acceptors (Lipinski definition) is 5. The molecule has 4 saturated carbocycles. The van der Waals surface area contributed by atoms with Gasteiger partial charge in [0, 0.05) is 23.9 Å². The quantitative estimate of drug-likeness (QED) is 0.182. The SMILES string of the molecule is C[C@H](CCC(=O)NCCS(=O)(=O)O)[C@H]1CC[C@H]2[C@@H]3[C@@H](N=[N+]=[N-])CC4C[C@H](O)CC[C@]4(C)[C@H]3CC[C@]12C. The van der Waals surface area contributed by atoms with Crippen LogP contribution in [0.5, 0.6) is 0 Å². The van der Waals surface area contributed by atoms with Gasteiger partial charge in [0.25, 0.3) is 10.1 Å². The molecule has 204 valence electrons. The maximum absolute atomic E-state index is 12.3. The number of nitrogens with zero attached hydrogens (tertiary/aromatic N) is 3. The molecule has 4 aliphatic rings. The van der Waals surface area contributed by atoms with Gasteiger partial charge < -0.3 is 10.4 Å². The second-order valence-corrected chi connectivity index (χ2v) is 14.4. The fourth-order valence-electron chi connectivity index (χ4n) is 9.33. The first-order valence-electron chi connectivity index (χ1n) is 13.8. The summed E-state index contributed by atoms with van der Waals surface area (Å²) in [6.07, 6.45) is 9.04. The average Bonchev–Trinajstić information content (AvgIpc) is 3.15. The summed E-state index contributed by atoms with van der Waals surface area (Å²) < 4.78 is 30.6. The number of nitrogens with one attached hydrogen (secondary N) is 1. The lowest BCUT2D eigenvalue weighted by Gasteiger charge is -2.62. The molecule has 36 heavy (non-hydrogen) atoms. The standard InChI is InChI=1S/C26H44N4O5S/c1-16(4-7-23(32)28-12-13-36(33,34)35)19-5-6-20-24-21(9-11-26(19,20)3)25(2)10-8-18(31)14-17(25)15-22(24)29-30-27/h16-22,24,31H,4-15H2,1-3H3,(H,28,32)(H,33,34,35)/t16-,17?,18-,19-,20+,21+,22+,24+,25+,26-/m1/s1. The van der Waals surface area contributed by atoms with Gasteiger partial charge >= 0.3 is 0 Å². The van der Waals surface area contributed by atoms with Crippen LogP contribution in [0.15, 0.2) is 5.11 Å². The number of aliphatic hydroxyl groups excluding tert-OH is 1. The molecule has 0 radical (unpaired) electrons. The topological polar surface area (TPSA) is 152 Å². The molecule has 0 saturated heterocycles. The Balaban J connectivity index is 1.45. The van der Waals surface area contributed by atoms with Crippen LogP contribution in [0.25, 0.3) is 10.4 Å². The van der Waals surface area contributed by atoms with E-state index in [0.29, 0.717) is 41.9 Å². The number of rotatable bonds is 8. The molecular formula is C26H44N4O5S. The first-order valence-corrected chi connectivity index (χ1v) is 15.4. The molecule has 0 heterocycles. The Hall–Kier alpha value is -1.35. The lowest BCUT2D eigenvalue weighted by molar-refractivity contribution is -0.137. The molecule has 1 unspecified atom stereocenters. The molecule has 10 atom stereocenters. The number of amides is 1. The van der Waals surface area contributed by atoms with Gasteiger partial charge in [-0.1, -0.05) is 25.9 Å². The van der Waals surface area contributed by atoms with Crippen LogP contribution in [0, 0.1) is 46.3 Å². The van der Waals surface area contributed by atoms with Gasteiger partial charge in [-0.3, -0.25) is 9.35 Å². The Labute approximate surface area is 215 Å². The van der Waals surface area contributed by atoms with Gasteiger partial charge in [0.1, 0.15) is 0 Å². The minimum Gasteiger partial charge on any atom is -0.393 e. The molecule has 10 heteroatoms. The molecule has 9 nitrogen and oxygen atoms in total. The summed E-state index contributed by atoms with van der Waals surface area (Å²) >= 11 is 0. The fraction of sp³-hybridized carbons (Fsp3) is 0.962. The number of carbonyl (C=O) groups excluding carboxylic acids is 1. The third-order valence-corrected chi connectivity index (χ3v) is 11.8. The highest BCUT2D eigenvalue weighted by molar-refractivity contribution is 7.85. The van der Waals surface area contributed by atoms with E-state index >= 15 is 0 Å². The number of fused-ring (bicyclic) bond motifs is 5. The van der Waals surface area contributed by atoms with Gasteiger partial charge in [0.15, 0.2) is 0 Å². The van der Waals surface area contributed by atoms with Crippen LogP contribution >= 0.6 is 0 Å². The summed E-state index contributed by atoms with van der Waals surface area (Å²) in [5.74, 6) is 2.05. The molecule has 0 bridgehead atoms. The van der Waals surface area contributed by atoms with Crippen molar-refractivity contribution in [3.8, 4) is 0 Å². The van der Waals surface area contributed by atoms with Crippen LogP contribution in [0.3, 0.4) is 0 Å². The van der Waals surface area contributed by atoms with Crippen LogP contribution in [0.2, 0.25) is 0 Å². The zero-order valence-electron chi connectivity index (χ0n) is 22.0. The second-order valence-electron chi connectivity index (χ2n) is 12.8. The summed E-state index contributed by atoms with van der Waals surface area (Å²) in [4.78, 5) is 15.5. The number of azide groups is 1. The van der Waals surface area contributed by atoms with Gasteiger partial charge in [-0.05, 0) is 110 Å². The fourth-order valence-corrected chi connectivity index (χ4v) is 9.69. The van der Waals surface area contributed by atoms with Gasteiger partial charge in [-0.25, -0.2) is 0 Å². The predicted octanol–water partition coefficient (Wildman–Crippen LogP) is 4.72. The lowest BCUT2D eigenvalue weighted by Crippen LogP contribution is -2.58. The van der Waals surface area contributed by atoms with Crippen molar-refractivity contribution in [2.75, 3.05) is 12.3 Å². The van der Waals surface area contributed by atoms with Crippen LogP contribution < -0.4 is 5.32 Å². The third kappa shape index (κ3) is 5.29. The van der Waals surface area contributed by atoms with Crippen LogP contribution in [-0.4, -0.2) is 48.4 Å². The highest BCUT2D eigenvalue weighted by Crippen LogP contribution is 2.68. The van der Waals surface area contributed by atoms with Crippen molar-refractivity contribution in [3.05, 3.63) is 10.4 Å². The Morgan fingerprint density at radius 1 is 1.14 bits per heavy atom. The summed E-state index contributed by atoms with van der Waals surface area (Å²) in [6.45, 7) is 7.03. The minimum absolute atomic E-state index is 0.00404. The first-order chi connectivity index (χ1) is 16.9. The molecule has 0 aromatic rings. The van der Waals surface area contributed by atoms with Crippen molar-refractivity contribution in [1.29, 1.82) is 0 Å². The van der Waals surface area contributed by atoms with E-state index in [4.69, 9.17) is 4.55 Å². The van der Waals surface area contributed by atoms with E-state index in [1.165, 1.54) is 0 Å². The van der Waals surface area contributed by atoms with Crippen molar-refractivity contribution in [1.82, 2.24) is 5.32 Å². The lowest BCUT2D eigenvalue weighted by atomic mass is 9.43. The van der Waals surface area contributed by atoms with Crippen molar-refractivity contribution in [3.63, 3.8) is 0 Å². The summed E-state index contributed by atoms with van der Waals surface area (Å²) in [5, 5.41) is 17.3. The number of aliphatic hydroxyl groups is 1. The second kappa shape index (κ2) is 10.4. The van der Waals surface area contributed by atoms with Crippen molar-refractivity contribution < 1.29 is 22.9 Å². The minimum atomic E-state index is -4.08. The summed E-state index contributed by atoms with van der Waals surface area (Å²) in [6, 6.07) is -0.00404. The van der Waals surface area contributed by atoms with Gasteiger partial charge in [0.2, 0.25) is 5.91 Å². The van der Waals surface area contributed by atoms with E-state index in [0.717, 1.165) is 57.8 Å². The van der Waals surface area contributed by atoms with E-state index in [1.807, 2.05) is 0 Å². The van der Waals surface area contributed by atoms with E-state index in [2.05, 4.69) is 36.1 Å². The Kier molecular flexibility index (Phi) is 8.02. The van der Waals surface area contributed by atoms with Crippen LogP contribution in [-0.2, 0) is 14.9 Å². The molecule has 4 aliphatic carbocycles. The van der Waals surface area contributed by atoms with Crippen molar-refractivity contribution in [2.24, 2.45) is 51.5 Å². The zero-order chi connectivity index (χ0) is 26.3. The Morgan fingerprint density at radius 2 is 1.83 bits per heavy atom. The third-order valence-electron chi connectivity index (χ3n) is 11.1. The van der Waals surface area contributed by atoms with E-state index in [1.54, 1.807) is 0 Å². The average molecular weight is 525 g/mol. The predicted molar refractivity (Wildman–Crippen MR) is 137 cm³/mol. The Bertz CT molecular complexity index is 985. The molecule has 3 N–H and O–H groups in total. The zero-order valence-corrected chi connectivity index (χ0v) is 22.8. The smallest absolute Gasteiger partial charge is 0.266 e. The molecule has 4 fully saturated rings. The Morgan fingerprint density at radius 3 is 2.53 bits per heavy atom. The first kappa shape index (κ1) is 27.7. The normalized spacial score (nSPS) is 42.9.